The van der Waals surface area contributed by atoms with E-state index in [-0.39, 0.29) is 23.6 Å². The molecule has 0 aromatic heterocycles. The second-order valence-electron chi connectivity index (χ2n) is 5.14. The van der Waals surface area contributed by atoms with Gasteiger partial charge in [-0.15, -0.1) is 0 Å². The highest BCUT2D eigenvalue weighted by atomic mass is 79.9. The topological polar surface area (TPSA) is 107 Å². The number of hydrazone groups is 1. The van der Waals surface area contributed by atoms with Gasteiger partial charge >= 0.3 is 6.18 Å². The maximum atomic E-state index is 13.9. The Kier molecular flexibility index (Phi) is 6.19. The van der Waals surface area contributed by atoms with E-state index in [9.17, 15) is 22.0 Å². The van der Waals surface area contributed by atoms with Crippen molar-refractivity contribution in [3.05, 3.63) is 52.0 Å². The number of ether oxygens (including phenoxy) is 1. The number of benzene rings is 2. The molecule has 0 unspecified atom stereocenters. The maximum Gasteiger partial charge on any atom is 0.416 e. The van der Waals surface area contributed by atoms with Gasteiger partial charge in [-0.3, -0.25) is 10.8 Å². The maximum absolute atomic E-state index is 13.9. The van der Waals surface area contributed by atoms with Crippen LogP contribution in [-0.2, 0) is 6.18 Å². The molecule has 0 heterocycles. The fraction of sp³-hybridized carbons (Fsp3) is 0.0625. The zero-order valence-corrected chi connectivity index (χ0v) is 15.1. The van der Waals surface area contributed by atoms with Crippen molar-refractivity contribution < 1.29 is 26.7 Å². The molecule has 0 aliphatic rings. The lowest BCUT2D eigenvalue weighted by atomic mass is 10.2. The monoisotopic (exact) mass is 461 g/mol. The minimum absolute atomic E-state index is 0.117. The van der Waals surface area contributed by atoms with E-state index in [0.717, 1.165) is 0 Å². The molecule has 146 valence electrons. The summed E-state index contributed by atoms with van der Waals surface area (Å²) < 4.78 is 71.1. The number of anilines is 1. The van der Waals surface area contributed by atoms with Gasteiger partial charge in [-0.25, -0.2) is 8.78 Å². The van der Waals surface area contributed by atoms with Gasteiger partial charge in [0.1, 0.15) is 11.8 Å². The first kappa shape index (κ1) is 21.1. The van der Waals surface area contributed by atoms with E-state index in [4.69, 9.17) is 21.1 Å². The van der Waals surface area contributed by atoms with Crippen LogP contribution >= 0.6 is 15.9 Å². The Morgan fingerprint density at radius 3 is 2.29 bits per heavy atom. The Hall–Kier alpha value is -3.20. The number of nitrogens with zero attached hydrogens (tertiary/aromatic N) is 2. The molecule has 2 aromatic rings. The molecule has 0 aliphatic carbocycles. The Morgan fingerprint density at radius 1 is 1.18 bits per heavy atom. The van der Waals surface area contributed by atoms with E-state index in [0.29, 0.717) is 4.47 Å². The Balaban J connectivity index is 2.34. The van der Waals surface area contributed by atoms with Gasteiger partial charge in [0, 0.05) is 10.5 Å². The molecule has 28 heavy (non-hydrogen) atoms. The molecule has 2 aromatic carbocycles. The predicted octanol–water partition coefficient (Wildman–Crippen LogP) is 4.77. The summed E-state index contributed by atoms with van der Waals surface area (Å²) in [7, 11) is 0. The number of nitrogens with one attached hydrogen (secondary N) is 2. The Labute approximate surface area is 163 Å². The first-order valence-electron chi connectivity index (χ1n) is 7.14. The number of alkyl halides is 3. The number of nitriles is 1. The summed E-state index contributed by atoms with van der Waals surface area (Å²) in [5, 5.41) is 19.5. The molecular formula is C16H9BrF5N5O. The van der Waals surface area contributed by atoms with E-state index in [1.165, 1.54) is 18.2 Å². The van der Waals surface area contributed by atoms with Crippen molar-refractivity contribution in [1.82, 2.24) is 0 Å². The molecular weight excluding hydrogens is 453 g/mol. The summed E-state index contributed by atoms with van der Waals surface area (Å²) in [5.41, 5.74) is 5.81. The Bertz CT molecular complexity index is 977. The summed E-state index contributed by atoms with van der Waals surface area (Å²) in [6.45, 7) is 0. The van der Waals surface area contributed by atoms with Gasteiger partial charge in [0.05, 0.1) is 11.3 Å². The third-order valence-electron chi connectivity index (χ3n) is 3.07. The fourth-order valence-electron chi connectivity index (χ4n) is 1.89. The molecule has 0 bridgehead atoms. The lowest BCUT2D eigenvalue weighted by molar-refractivity contribution is -0.138. The second kappa shape index (κ2) is 8.22. The number of hydrogen-bond acceptors (Lipinski definition) is 5. The van der Waals surface area contributed by atoms with E-state index >= 15 is 0 Å². The molecule has 0 spiro atoms. The molecule has 0 aliphatic heterocycles. The van der Waals surface area contributed by atoms with Gasteiger partial charge in [0.15, 0.2) is 23.2 Å². The first-order chi connectivity index (χ1) is 13.0. The van der Waals surface area contributed by atoms with Crippen molar-refractivity contribution >= 4 is 33.2 Å². The van der Waals surface area contributed by atoms with Crippen LogP contribution in [0.2, 0.25) is 0 Å². The fourth-order valence-corrected chi connectivity index (χ4v) is 2.36. The second-order valence-corrected chi connectivity index (χ2v) is 6.06. The van der Waals surface area contributed by atoms with Crippen molar-refractivity contribution in [2.24, 2.45) is 10.8 Å². The smallest absolute Gasteiger partial charge is 0.416 e. The molecule has 0 atom stereocenters. The molecule has 0 saturated heterocycles. The van der Waals surface area contributed by atoms with Gasteiger partial charge in [0.2, 0.25) is 5.71 Å². The van der Waals surface area contributed by atoms with Crippen LogP contribution in [0.5, 0.6) is 11.5 Å². The molecule has 4 N–H and O–H groups in total. The predicted molar refractivity (Wildman–Crippen MR) is 94.2 cm³/mol. The van der Waals surface area contributed by atoms with E-state index in [1.807, 2.05) is 0 Å². The normalized spacial score (nSPS) is 11.7. The van der Waals surface area contributed by atoms with Gasteiger partial charge in [0.25, 0.3) is 0 Å². The number of rotatable bonds is 5. The van der Waals surface area contributed by atoms with Gasteiger partial charge in [-0.2, -0.15) is 23.5 Å². The minimum atomic E-state index is -4.92. The Morgan fingerprint density at radius 2 is 1.79 bits per heavy atom. The van der Waals surface area contributed by atoms with Crippen LogP contribution in [0.15, 0.2) is 39.9 Å². The highest BCUT2D eigenvalue weighted by molar-refractivity contribution is 9.10. The van der Waals surface area contributed by atoms with Gasteiger partial charge in [-0.05, 0) is 24.3 Å². The first-order valence-corrected chi connectivity index (χ1v) is 7.93. The summed E-state index contributed by atoms with van der Waals surface area (Å²) in [6, 6.07) is 5.76. The average molecular weight is 462 g/mol. The van der Waals surface area contributed by atoms with E-state index in [2.05, 4.69) is 26.5 Å². The zero-order chi connectivity index (χ0) is 21.1. The van der Waals surface area contributed by atoms with Crippen LogP contribution in [-0.4, -0.2) is 11.5 Å². The van der Waals surface area contributed by atoms with Crippen LogP contribution < -0.4 is 15.9 Å². The number of nitrogens with two attached hydrogens (primary N) is 1. The van der Waals surface area contributed by atoms with Crippen LogP contribution in [0.4, 0.5) is 27.6 Å². The third kappa shape index (κ3) is 5.17. The quantitative estimate of drug-likeness (QED) is 0.258. The summed E-state index contributed by atoms with van der Waals surface area (Å²) in [5.74, 6) is -4.84. The molecule has 0 fully saturated rings. The van der Waals surface area contributed by atoms with Crippen molar-refractivity contribution in [2.45, 2.75) is 6.18 Å². The van der Waals surface area contributed by atoms with Crippen LogP contribution in [0, 0.1) is 28.4 Å². The molecule has 2 rings (SSSR count). The number of halogens is 6. The van der Waals surface area contributed by atoms with Crippen LogP contribution in [0.25, 0.3) is 0 Å². The third-order valence-corrected chi connectivity index (χ3v) is 3.53. The van der Waals surface area contributed by atoms with Crippen LogP contribution in [0.1, 0.15) is 5.56 Å². The average Bonchev–Trinajstić information content (AvgIpc) is 2.57. The molecule has 0 amide bonds. The molecule has 0 radical (unpaired) electrons. The summed E-state index contributed by atoms with van der Waals surface area (Å²) in [6.07, 6.45) is -4.92. The zero-order valence-electron chi connectivity index (χ0n) is 13.5. The van der Waals surface area contributed by atoms with Gasteiger partial charge < -0.3 is 10.5 Å². The standard InChI is InChI=1S/C16H9BrF5N5O/c17-8-3-9(26-27-13(6-23)15(24)25)5-10(4-8)28-14-11(18)1-7(2-12(14)19)16(20,21)22/h1-5,26H,(H3,24,25)/b27-13+. The number of amidine groups is 1. The molecule has 0 saturated carbocycles. The highest BCUT2D eigenvalue weighted by Crippen LogP contribution is 2.36. The molecule has 6 nitrogen and oxygen atoms in total. The lowest BCUT2D eigenvalue weighted by Crippen LogP contribution is -2.21. The summed E-state index contributed by atoms with van der Waals surface area (Å²) in [4.78, 5) is 0. The largest absolute Gasteiger partial charge is 0.451 e. The molecule has 12 heteroatoms. The van der Waals surface area contributed by atoms with E-state index in [1.54, 1.807) is 6.07 Å². The van der Waals surface area contributed by atoms with Gasteiger partial charge in [-0.1, -0.05) is 15.9 Å². The van der Waals surface area contributed by atoms with Crippen molar-refractivity contribution in [2.75, 3.05) is 5.43 Å². The van der Waals surface area contributed by atoms with Crippen molar-refractivity contribution in [1.29, 1.82) is 10.7 Å². The highest BCUT2D eigenvalue weighted by Gasteiger charge is 2.33. The number of hydrogen-bond donors (Lipinski definition) is 3. The van der Waals surface area contributed by atoms with Crippen molar-refractivity contribution in [3.8, 4) is 17.6 Å². The summed E-state index contributed by atoms with van der Waals surface area (Å²) >= 11 is 3.12. The van der Waals surface area contributed by atoms with Crippen molar-refractivity contribution in [3.63, 3.8) is 0 Å². The SMILES string of the molecule is N#C/C(=N\Nc1cc(Br)cc(Oc2c(F)cc(C(F)(F)F)cc2F)c1)C(=N)N. The van der Waals surface area contributed by atoms with E-state index < -0.39 is 40.7 Å². The lowest BCUT2D eigenvalue weighted by Gasteiger charge is -2.13. The minimum Gasteiger partial charge on any atom is -0.451 e. The van der Waals surface area contributed by atoms with Crippen LogP contribution in [0.3, 0.4) is 0 Å².